The Morgan fingerprint density at radius 1 is 1.00 bits per heavy atom. The molecule has 0 N–H and O–H groups in total. The third-order valence-corrected chi connectivity index (χ3v) is 1.94. The lowest BCUT2D eigenvalue weighted by atomic mass is 10.1. The average Bonchev–Trinajstić information content (AvgIpc) is 2.17. The largest absolute Gasteiger partial charge is 0.466 e. The Hall–Kier alpha value is -1.32. The lowest BCUT2D eigenvalue weighted by Gasteiger charge is -2.06. The maximum Gasteiger partial charge on any atom is 0.333 e. The van der Waals surface area contributed by atoms with Gasteiger partial charge in [-0.1, -0.05) is 5.57 Å². The van der Waals surface area contributed by atoms with Crippen molar-refractivity contribution in [3.05, 3.63) is 11.1 Å². The predicted molar refractivity (Wildman–Crippen MR) is 56.3 cm³/mol. The fourth-order valence-electron chi connectivity index (χ4n) is 0.975. The van der Waals surface area contributed by atoms with Crippen LogP contribution in [0.2, 0.25) is 0 Å². The van der Waals surface area contributed by atoms with Crippen LogP contribution in [-0.2, 0) is 19.1 Å². The first kappa shape index (κ1) is 13.7. The summed E-state index contributed by atoms with van der Waals surface area (Å²) >= 11 is 0. The monoisotopic (exact) mass is 214 g/mol. The Morgan fingerprint density at radius 3 is 2.00 bits per heavy atom. The van der Waals surface area contributed by atoms with Gasteiger partial charge in [0.2, 0.25) is 0 Å². The van der Waals surface area contributed by atoms with Crippen LogP contribution in [0.5, 0.6) is 0 Å². The van der Waals surface area contributed by atoms with Crippen LogP contribution in [0.4, 0.5) is 0 Å². The smallest absolute Gasteiger partial charge is 0.333 e. The summed E-state index contributed by atoms with van der Waals surface area (Å²) < 4.78 is 9.59. The van der Waals surface area contributed by atoms with E-state index in [-0.39, 0.29) is 18.4 Å². The SMILES string of the molecule is CCOC(=O)C/C(C)=C(/C)C(=O)OCC. The normalized spacial score (nSPS) is 11.7. The molecule has 0 saturated heterocycles. The maximum absolute atomic E-state index is 11.3. The molecular formula is C11H18O4. The van der Waals surface area contributed by atoms with E-state index in [0.29, 0.717) is 24.4 Å². The molecule has 0 heterocycles. The lowest BCUT2D eigenvalue weighted by molar-refractivity contribution is -0.142. The summed E-state index contributed by atoms with van der Waals surface area (Å²) in [7, 11) is 0. The van der Waals surface area contributed by atoms with Crippen LogP contribution in [0.1, 0.15) is 34.1 Å². The molecule has 0 aromatic heterocycles. The maximum atomic E-state index is 11.3. The fourth-order valence-corrected chi connectivity index (χ4v) is 0.975. The van der Waals surface area contributed by atoms with E-state index >= 15 is 0 Å². The van der Waals surface area contributed by atoms with Crippen LogP contribution in [0.3, 0.4) is 0 Å². The highest BCUT2D eigenvalue weighted by molar-refractivity contribution is 5.89. The van der Waals surface area contributed by atoms with E-state index < -0.39 is 0 Å². The van der Waals surface area contributed by atoms with Crippen LogP contribution in [-0.4, -0.2) is 25.2 Å². The van der Waals surface area contributed by atoms with Crippen LogP contribution < -0.4 is 0 Å². The van der Waals surface area contributed by atoms with Gasteiger partial charge >= 0.3 is 11.9 Å². The second-order valence-corrected chi connectivity index (χ2v) is 3.11. The van der Waals surface area contributed by atoms with Gasteiger partial charge in [-0.05, 0) is 27.7 Å². The van der Waals surface area contributed by atoms with Gasteiger partial charge in [0, 0.05) is 5.57 Å². The number of carbonyl (C=O) groups excluding carboxylic acids is 2. The van der Waals surface area contributed by atoms with Gasteiger partial charge in [0.05, 0.1) is 19.6 Å². The van der Waals surface area contributed by atoms with E-state index in [1.165, 1.54) is 0 Å². The number of carbonyl (C=O) groups is 2. The van der Waals surface area contributed by atoms with E-state index in [4.69, 9.17) is 9.47 Å². The van der Waals surface area contributed by atoms with Gasteiger partial charge in [0.1, 0.15) is 0 Å². The van der Waals surface area contributed by atoms with Crippen molar-refractivity contribution in [3.63, 3.8) is 0 Å². The van der Waals surface area contributed by atoms with Crippen molar-refractivity contribution in [2.45, 2.75) is 34.1 Å². The molecule has 0 aliphatic carbocycles. The summed E-state index contributed by atoms with van der Waals surface area (Å²) in [5.41, 5.74) is 1.16. The Kier molecular flexibility index (Phi) is 6.42. The topological polar surface area (TPSA) is 52.6 Å². The zero-order valence-electron chi connectivity index (χ0n) is 9.75. The molecule has 0 aromatic rings. The van der Waals surface area contributed by atoms with Gasteiger partial charge in [-0.3, -0.25) is 4.79 Å². The number of esters is 2. The average molecular weight is 214 g/mol. The molecule has 0 bridgehead atoms. The molecule has 0 spiro atoms. The molecule has 0 aromatic carbocycles. The van der Waals surface area contributed by atoms with Crippen molar-refractivity contribution >= 4 is 11.9 Å². The van der Waals surface area contributed by atoms with Crippen molar-refractivity contribution in [2.24, 2.45) is 0 Å². The molecule has 0 atom stereocenters. The number of hydrogen-bond acceptors (Lipinski definition) is 4. The first-order valence-corrected chi connectivity index (χ1v) is 5.02. The van der Waals surface area contributed by atoms with Crippen LogP contribution in [0, 0.1) is 0 Å². The van der Waals surface area contributed by atoms with Gasteiger partial charge in [-0.25, -0.2) is 4.79 Å². The minimum Gasteiger partial charge on any atom is -0.466 e. The first-order chi connectivity index (χ1) is 7.02. The van der Waals surface area contributed by atoms with E-state index in [9.17, 15) is 9.59 Å². The first-order valence-electron chi connectivity index (χ1n) is 5.02. The molecule has 0 aliphatic rings. The quantitative estimate of drug-likeness (QED) is 0.517. The third kappa shape index (κ3) is 5.20. The molecule has 0 aliphatic heterocycles. The van der Waals surface area contributed by atoms with Gasteiger partial charge in [0.15, 0.2) is 0 Å². The van der Waals surface area contributed by atoms with Crippen LogP contribution in [0.25, 0.3) is 0 Å². The van der Waals surface area contributed by atoms with Gasteiger partial charge in [-0.2, -0.15) is 0 Å². The molecule has 0 fully saturated rings. The molecule has 15 heavy (non-hydrogen) atoms. The van der Waals surface area contributed by atoms with Crippen molar-refractivity contribution in [1.29, 1.82) is 0 Å². The van der Waals surface area contributed by atoms with E-state index in [1.807, 2.05) is 0 Å². The summed E-state index contributed by atoms with van der Waals surface area (Å²) in [4.78, 5) is 22.4. The van der Waals surface area contributed by atoms with Crippen molar-refractivity contribution < 1.29 is 19.1 Å². The summed E-state index contributed by atoms with van der Waals surface area (Å²) in [6, 6.07) is 0. The highest BCUT2D eigenvalue weighted by Gasteiger charge is 2.11. The van der Waals surface area contributed by atoms with Gasteiger partial charge in [-0.15, -0.1) is 0 Å². The Morgan fingerprint density at radius 2 is 1.53 bits per heavy atom. The molecule has 0 radical (unpaired) electrons. The number of ether oxygens (including phenoxy) is 2. The van der Waals surface area contributed by atoms with Crippen molar-refractivity contribution in [3.8, 4) is 0 Å². The van der Waals surface area contributed by atoms with Gasteiger partial charge in [0.25, 0.3) is 0 Å². The second kappa shape index (κ2) is 7.04. The molecule has 0 saturated carbocycles. The molecular weight excluding hydrogens is 196 g/mol. The Balaban J connectivity index is 4.37. The Labute approximate surface area is 90.2 Å². The third-order valence-electron chi connectivity index (χ3n) is 1.94. The molecule has 0 rings (SSSR count). The molecule has 4 nitrogen and oxygen atoms in total. The lowest BCUT2D eigenvalue weighted by Crippen LogP contribution is -2.10. The zero-order chi connectivity index (χ0) is 11.8. The molecule has 4 heteroatoms. The van der Waals surface area contributed by atoms with E-state index in [2.05, 4.69) is 0 Å². The zero-order valence-corrected chi connectivity index (χ0v) is 9.75. The minimum absolute atomic E-state index is 0.137. The van der Waals surface area contributed by atoms with E-state index in [1.54, 1.807) is 27.7 Å². The highest BCUT2D eigenvalue weighted by Crippen LogP contribution is 2.10. The van der Waals surface area contributed by atoms with Crippen molar-refractivity contribution in [2.75, 3.05) is 13.2 Å². The van der Waals surface area contributed by atoms with Crippen LogP contribution >= 0.6 is 0 Å². The van der Waals surface area contributed by atoms with Crippen molar-refractivity contribution in [1.82, 2.24) is 0 Å². The highest BCUT2D eigenvalue weighted by atomic mass is 16.5. The molecule has 0 unspecified atom stereocenters. The Bertz CT molecular complexity index is 266. The summed E-state index contributed by atoms with van der Waals surface area (Å²) in [5.74, 6) is -0.696. The summed E-state index contributed by atoms with van der Waals surface area (Å²) in [5, 5.41) is 0. The predicted octanol–water partition coefficient (Wildman–Crippen LogP) is 1.84. The minimum atomic E-state index is -0.376. The number of hydrogen-bond donors (Lipinski definition) is 0. The van der Waals surface area contributed by atoms with Crippen LogP contribution in [0.15, 0.2) is 11.1 Å². The second-order valence-electron chi connectivity index (χ2n) is 3.11. The fraction of sp³-hybridized carbons (Fsp3) is 0.636. The number of rotatable bonds is 5. The van der Waals surface area contributed by atoms with E-state index in [0.717, 1.165) is 0 Å². The molecule has 86 valence electrons. The summed E-state index contributed by atoms with van der Waals surface area (Å²) in [6.07, 6.45) is 0.137. The molecule has 0 amide bonds. The van der Waals surface area contributed by atoms with Gasteiger partial charge < -0.3 is 9.47 Å². The summed E-state index contributed by atoms with van der Waals surface area (Å²) in [6.45, 7) is 7.55. The standard InChI is InChI=1S/C11H18O4/c1-5-14-10(12)7-8(3)9(4)11(13)15-6-2/h5-7H2,1-4H3/b9-8-.